The van der Waals surface area contributed by atoms with Crippen molar-refractivity contribution in [1.29, 1.82) is 0 Å². The summed E-state index contributed by atoms with van der Waals surface area (Å²) < 4.78 is 131. The molecular weight excluding hydrogens is 1300 g/mol. The fraction of sp³-hybridized carbons (Fsp3) is 0.759. The molecule has 5 rings (SSSR count). The van der Waals surface area contributed by atoms with Crippen LogP contribution in [0.4, 0.5) is 0 Å². The van der Waals surface area contributed by atoms with Gasteiger partial charge in [-0.15, -0.1) is 0 Å². The van der Waals surface area contributed by atoms with Crippen molar-refractivity contribution in [1.82, 2.24) is 5.32 Å². The SMILES string of the molecule is CC(=O)NC1[C@H](O[C@@H]2C(OC(C)=O)[C@H](O)OC(COC(C)=O)[C@@H]2OC(C)=O)OC(COC(C)=O)[C@@H](O[C@@H]2OC(COC(C)=O)[C@H](OC(C)=O)[C@H](OC(C)=O)C2O[C@@H]2OC(C)[C@@H](OC(C)=O)[C@H](OC(C)=O)C2OC(C)=O)[C@@H]1O[C@@H]1OC(C)[C@@H](OC(C)=O)C(OC(C)=O)[C@H]1OC(C)=O. The standard InChI is InChI=1S/C58H81NO37/c1-20-40(80-26(7)64)46(84-30(11)68)51(88-34(15)72)56(78-20)94-45-39(59-22(3)60)55(95-48-43(82-28(9)66)36(17-75-23(4)61)90-54(74)50(48)87-33(14)71)91-37(18-76-24(5)62)42(45)93-58-53(49(86-32(13)70)44(83-29(10)67)38(92-58)19-77-25(6)63)96-57-52(89-35(16)73)47(85-31(12)69)41(21(2)79-57)81-27(8)65/h20-21,36-58,74H,17-19H2,1-16H3,(H,59,60)/t20?,21?,36?,37?,38?,39?,40-,41-,42-,43+,44+,45-,46?,47+,48+,49+,50?,51-,52?,53?,54-,55+,56+,57+,58+/m1/s1. The summed E-state index contributed by atoms with van der Waals surface area (Å²) in [4.78, 5) is 182. The Bertz CT molecular complexity index is 2830. The molecule has 0 radical (unpaired) electrons. The van der Waals surface area contributed by atoms with E-state index >= 15 is 0 Å². The normalized spacial score (nSPS) is 34.9. The van der Waals surface area contributed by atoms with Crippen LogP contribution in [-0.2, 0) is 171 Å². The molecule has 0 saturated carbocycles. The van der Waals surface area contributed by atoms with Crippen LogP contribution in [0.3, 0.4) is 0 Å². The van der Waals surface area contributed by atoms with Crippen LogP contribution in [0, 0.1) is 0 Å². The minimum atomic E-state index is -2.35. The van der Waals surface area contributed by atoms with Gasteiger partial charge in [0.1, 0.15) is 62.5 Å². The first-order valence-electron chi connectivity index (χ1n) is 29.8. The molecule has 0 bridgehead atoms. The maximum Gasteiger partial charge on any atom is 0.303 e. The zero-order chi connectivity index (χ0) is 71.9. The van der Waals surface area contributed by atoms with Crippen LogP contribution in [0.1, 0.15) is 111 Å². The molecule has 0 spiro atoms. The molecule has 2 N–H and O–H groups in total. The Hall–Kier alpha value is -7.82. The lowest BCUT2D eigenvalue weighted by molar-refractivity contribution is -0.398. The topological polar surface area (TPSA) is 474 Å². The maximum absolute atomic E-state index is 13.9. The number of aliphatic hydroxyl groups is 1. The highest BCUT2D eigenvalue weighted by atomic mass is 16.8. The summed E-state index contributed by atoms with van der Waals surface area (Å²) in [5.74, 6) is -14.4. The van der Waals surface area contributed by atoms with Crippen LogP contribution in [0.15, 0.2) is 0 Å². The molecule has 96 heavy (non-hydrogen) atoms. The van der Waals surface area contributed by atoms with Crippen molar-refractivity contribution in [3.05, 3.63) is 0 Å². The summed E-state index contributed by atoms with van der Waals surface area (Å²) in [6.45, 7) is 13.3. The predicted molar refractivity (Wildman–Crippen MR) is 299 cm³/mol. The van der Waals surface area contributed by atoms with Gasteiger partial charge in [-0.3, -0.25) is 67.1 Å². The van der Waals surface area contributed by atoms with Gasteiger partial charge in [0.15, 0.2) is 98.6 Å². The average Bonchev–Trinajstić information content (AvgIpc) is 0.760. The zero-order valence-electron chi connectivity index (χ0n) is 55.2. The van der Waals surface area contributed by atoms with E-state index in [1.54, 1.807) is 0 Å². The first-order chi connectivity index (χ1) is 44.8. The highest BCUT2D eigenvalue weighted by molar-refractivity contribution is 5.74. The molecule has 5 saturated heterocycles. The van der Waals surface area contributed by atoms with Gasteiger partial charge in [-0.25, -0.2) is 0 Å². The number of hydrogen-bond acceptors (Lipinski definition) is 37. The number of hydrogen-bond donors (Lipinski definition) is 2. The quantitative estimate of drug-likeness (QED) is 0.0716. The van der Waals surface area contributed by atoms with Gasteiger partial charge in [0, 0.05) is 96.9 Å². The third-order valence-electron chi connectivity index (χ3n) is 14.2. The van der Waals surface area contributed by atoms with Crippen LogP contribution >= 0.6 is 0 Å². The second-order valence-corrected chi connectivity index (χ2v) is 22.3. The monoisotopic (exact) mass is 1380 g/mol. The van der Waals surface area contributed by atoms with Crippen molar-refractivity contribution in [3.8, 4) is 0 Å². The lowest BCUT2D eigenvalue weighted by Gasteiger charge is -2.53. The molecule has 5 aliphatic heterocycles. The van der Waals surface area contributed by atoms with Crippen molar-refractivity contribution >= 4 is 83.5 Å². The highest BCUT2D eigenvalue weighted by Gasteiger charge is 2.62. The van der Waals surface area contributed by atoms with Gasteiger partial charge in [0.2, 0.25) is 5.91 Å². The second kappa shape index (κ2) is 35.4. The smallest absolute Gasteiger partial charge is 0.303 e. The van der Waals surface area contributed by atoms with Crippen molar-refractivity contribution in [2.45, 2.75) is 264 Å². The van der Waals surface area contributed by atoms with E-state index < -0.39 is 257 Å². The summed E-state index contributed by atoms with van der Waals surface area (Å²) in [5.41, 5.74) is 0. The summed E-state index contributed by atoms with van der Waals surface area (Å²) in [5, 5.41) is 14.1. The molecule has 10 unspecified atom stereocenters. The molecule has 5 fully saturated rings. The number of aliphatic hydroxyl groups excluding tert-OH is 1. The van der Waals surface area contributed by atoms with Gasteiger partial charge in [-0.05, 0) is 13.8 Å². The number of carbonyl (C=O) groups excluding carboxylic acids is 14. The van der Waals surface area contributed by atoms with Gasteiger partial charge in [-0.1, -0.05) is 0 Å². The maximum atomic E-state index is 13.9. The Labute approximate surface area is 548 Å². The molecule has 38 heteroatoms. The van der Waals surface area contributed by atoms with Crippen molar-refractivity contribution in [3.63, 3.8) is 0 Å². The Morgan fingerprint density at radius 1 is 0.281 bits per heavy atom. The summed E-state index contributed by atoms with van der Waals surface area (Å²) in [6, 6.07) is -2.07. The van der Waals surface area contributed by atoms with Gasteiger partial charge in [0.05, 0.1) is 12.2 Å². The van der Waals surface area contributed by atoms with Crippen LogP contribution in [0.5, 0.6) is 0 Å². The molecule has 540 valence electrons. The molecule has 0 aromatic carbocycles. The van der Waals surface area contributed by atoms with Gasteiger partial charge in [0.25, 0.3) is 0 Å². The van der Waals surface area contributed by atoms with Crippen LogP contribution in [0.2, 0.25) is 0 Å². The first-order valence-corrected chi connectivity index (χ1v) is 29.8. The van der Waals surface area contributed by atoms with Crippen LogP contribution in [-0.4, -0.2) is 262 Å². The Morgan fingerprint density at radius 3 is 0.927 bits per heavy atom. The molecule has 38 nitrogen and oxygen atoms in total. The number of esters is 13. The highest BCUT2D eigenvalue weighted by Crippen LogP contribution is 2.41. The second-order valence-electron chi connectivity index (χ2n) is 22.3. The van der Waals surface area contributed by atoms with Crippen molar-refractivity contribution in [2.24, 2.45) is 0 Å². The molecule has 25 atom stereocenters. The lowest BCUT2D eigenvalue weighted by atomic mass is 9.93. The fourth-order valence-electron chi connectivity index (χ4n) is 11.0. The van der Waals surface area contributed by atoms with E-state index in [0.29, 0.717) is 0 Å². The van der Waals surface area contributed by atoms with Gasteiger partial charge < -0.3 is 115 Å². The Kier molecular flexibility index (Phi) is 29.1. The third kappa shape index (κ3) is 22.4. The van der Waals surface area contributed by atoms with E-state index in [2.05, 4.69) is 5.32 Å². The summed E-state index contributed by atoms with van der Waals surface area (Å²) in [6.07, 6.45) is -46.8. The van der Waals surface area contributed by atoms with Gasteiger partial charge >= 0.3 is 77.6 Å². The molecule has 0 aromatic heterocycles. The van der Waals surface area contributed by atoms with Crippen LogP contribution in [0.25, 0.3) is 0 Å². The van der Waals surface area contributed by atoms with E-state index in [-0.39, 0.29) is 0 Å². The predicted octanol–water partition coefficient (Wildman–Crippen LogP) is -2.31. The van der Waals surface area contributed by atoms with E-state index in [1.807, 2.05) is 0 Å². The van der Waals surface area contributed by atoms with E-state index in [1.165, 1.54) is 13.8 Å². The van der Waals surface area contributed by atoms with Gasteiger partial charge in [-0.2, -0.15) is 0 Å². The van der Waals surface area contributed by atoms with E-state index in [0.717, 1.165) is 96.9 Å². The number of amides is 1. The minimum absolute atomic E-state index is 0.777. The lowest BCUT2D eigenvalue weighted by Crippen LogP contribution is -2.72. The Morgan fingerprint density at radius 2 is 0.552 bits per heavy atom. The van der Waals surface area contributed by atoms with Crippen molar-refractivity contribution < 1.29 is 176 Å². The fourth-order valence-corrected chi connectivity index (χ4v) is 11.0. The zero-order valence-corrected chi connectivity index (χ0v) is 55.2. The Balaban J connectivity index is 1.91. The average molecular weight is 1380 g/mol. The molecule has 5 heterocycles. The molecular formula is C58H81NO37. The summed E-state index contributed by atoms with van der Waals surface area (Å²) in [7, 11) is 0. The third-order valence-corrected chi connectivity index (χ3v) is 14.2. The number of rotatable bonds is 25. The van der Waals surface area contributed by atoms with E-state index in [9.17, 15) is 72.2 Å². The summed E-state index contributed by atoms with van der Waals surface area (Å²) >= 11 is 0. The number of nitrogens with one attached hydrogen (secondary N) is 1. The molecule has 1 amide bonds. The van der Waals surface area contributed by atoms with Crippen LogP contribution < -0.4 is 5.32 Å². The molecule has 0 aliphatic carbocycles. The number of ether oxygens (including phenoxy) is 22. The first kappa shape index (κ1) is 78.9. The van der Waals surface area contributed by atoms with Crippen molar-refractivity contribution in [2.75, 3.05) is 19.8 Å². The number of carbonyl (C=O) groups is 14. The van der Waals surface area contributed by atoms with E-state index in [4.69, 9.17) is 104 Å². The molecule has 0 aromatic rings. The molecule has 5 aliphatic rings. The largest absolute Gasteiger partial charge is 0.463 e. The minimum Gasteiger partial charge on any atom is -0.463 e.